The van der Waals surface area contributed by atoms with E-state index in [1.165, 1.54) is 12.1 Å². The van der Waals surface area contributed by atoms with Crippen molar-refractivity contribution in [3.8, 4) is 11.8 Å². The number of hydrogen-bond donors (Lipinski definition) is 2. The molecular weight excluding hydrogens is 582 g/mol. The van der Waals surface area contributed by atoms with E-state index in [4.69, 9.17) is 32.4 Å². The van der Waals surface area contributed by atoms with Crippen LogP contribution in [0.3, 0.4) is 0 Å². The van der Waals surface area contributed by atoms with Gasteiger partial charge in [0.1, 0.15) is 29.6 Å². The van der Waals surface area contributed by atoms with Gasteiger partial charge in [-0.1, -0.05) is 70.8 Å². The summed E-state index contributed by atoms with van der Waals surface area (Å²) in [6.45, 7) is 17.3. The van der Waals surface area contributed by atoms with E-state index in [0.29, 0.717) is 29.4 Å². The van der Waals surface area contributed by atoms with Crippen LogP contribution in [0.4, 0.5) is 4.39 Å². The van der Waals surface area contributed by atoms with Crippen LogP contribution < -0.4 is 10.1 Å². The van der Waals surface area contributed by atoms with Crippen molar-refractivity contribution >= 4 is 37.5 Å². The molecule has 0 aliphatic carbocycles. The maximum absolute atomic E-state index is 15.7. The van der Waals surface area contributed by atoms with E-state index in [-0.39, 0.29) is 27.6 Å². The highest BCUT2D eigenvalue weighted by Gasteiger charge is 2.61. The number of nitriles is 1. The van der Waals surface area contributed by atoms with E-state index in [2.05, 4.69) is 45.3 Å². The van der Waals surface area contributed by atoms with Gasteiger partial charge < -0.3 is 14.3 Å². The predicted molar refractivity (Wildman–Crippen MR) is 164 cm³/mol. The van der Waals surface area contributed by atoms with E-state index < -0.39 is 43.5 Å². The molecule has 2 aromatic carbocycles. The Morgan fingerprint density at radius 1 is 1.10 bits per heavy atom. The Morgan fingerprint density at radius 2 is 1.71 bits per heavy atom. The van der Waals surface area contributed by atoms with Crippen molar-refractivity contribution < 1.29 is 23.5 Å². The van der Waals surface area contributed by atoms with E-state index >= 15 is 4.39 Å². The van der Waals surface area contributed by atoms with Crippen molar-refractivity contribution in [2.24, 2.45) is 5.41 Å². The van der Waals surface area contributed by atoms with Crippen LogP contribution in [-0.4, -0.2) is 44.7 Å². The van der Waals surface area contributed by atoms with Gasteiger partial charge in [0.25, 0.3) is 0 Å². The molecule has 224 valence electrons. The molecular formula is C31H41Cl2FN2O4Si. The number of carboxylic acid groups (broad SMARTS) is 1. The monoisotopic (exact) mass is 622 g/mol. The molecule has 1 heterocycles. The Labute approximate surface area is 254 Å². The number of aliphatic carboxylic acids is 1. The number of carboxylic acids is 1. The highest BCUT2D eigenvalue weighted by molar-refractivity contribution is 6.74. The molecule has 1 saturated heterocycles. The molecule has 10 heteroatoms. The summed E-state index contributed by atoms with van der Waals surface area (Å²) in [5.74, 6) is -2.50. The molecule has 0 amide bonds. The van der Waals surface area contributed by atoms with Crippen molar-refractivity contribution in [3.63, 3.8) is 0 Å². The SMILES string of the molecule is CC(C)(C)C[C@@H]1N[C@@H](C(=O)O)[C@H](c2cc(Cl)ccc2OCCO[Si](C)(C)C(C)(C)C)[C@@]1(C#N)c1ccc(Cl)cc1F. The molecule has 1 aliphatic heterocycles. The van der Waals surface area contributed by atoms with Gasteiger partial charge in [0, 0.05) is 33.1 Å². The fourth-order valence-electron chi connectivity index (χ4n) is 5.34. The lowest BCUT2D eigenvalue weighted by Crippen LogP contribution is -2.44. The summed E-state index contributed by atoms with van der Waals surface area (Å²) in [5.41, 5.74) is -1.44. The summed E-state index contributed by atoms with van der Waals surface area (Å²) in [5, 5.41) is 25.1. The Balaban J connectivity index is 2.16. The van der Waals surface area contributed by atoms with Crippen molar-refractivity contribution in [1.82, 2.24) is 5.32 Å². The van der Waals surface area contributed by atoms with Crippen LogP contribution in [-0.2, 0) is 14.6 Å². The zero-order valence-corrected chi connectivity index (χ0v) is 27.6. The van der Waals surface area contributed by atoms with Gasteiger partial charge >= 0.3 is 5.97 Å². The minimum absolute atomic E-state index is 0.0276. The van der Waals surface area contributed by atoms with Crippen LogP contribution in [0, 0.1) is 22.6 Å². The standard InChI is InChI=1S/C31H41Cl2FN2O4Si/c1-29(2,3)17-25-31(18-35,22-11-9-20(33)16-23(22)34)26(27(36-25)28(37)38)21-15-19(32)10-12-24(21)39-13-14-40-41(7,8)30(4,5)6/h9-12,15-16,25-27,36H,13-14,17H2,1-8H3,(H,37,38)/t25-,26-,27+,31-/m0/s1. The van der Waals surface area contributed by atoms with Gasteiger partial charge in [-0.3, -0.25) is 10.1 Å². The fraction of sp³-hybridized carbons (Fsp3) is 0.548. The van der Waals surface area contributed by atoms with Crippen molar-refractivity contribution in [3.05, 3.63) is 63.4 Å². The highest BCUT2D eigenvalue weighted by atomic mass is 35.5. The van der Waals surface area contributed by atoms with Gasteiger partial charge in [-0.2, -0.15) is 5.26 Å². The van der Waals surface area contributed by atoms with Crippen LogP contribution in [0.5, 0.6) is 5.75 Å². The number of benzene rings is 2. The van der Waals surface area contributed by atoms with Crippen LogP contribution >= 0.6 is 23.2 Å². The summed E-state index contributed by atoms with van der Waals surface area (Å²) >= 11 is 12.5. The Morgan fingerprint density at radius 3 is 2.24 bits per heavy atom. The second kappa shape index (κ2) is 12.2. The molecule has 2 aromatic rings. The van der Waals surface area contributed by atoms with Crippen LogP contribution in [0.1, 0.15) is 65.0 Å². The average molecular weight is 624 g/mol. The zero-order valence-electron chi connectivity index (χ0n) is 25.1. The first-order chi connectivity index (χ1) is 18.8. The number of rotatable bonds is 9. The maximum atomic E-state index is 15.7. The third-order valence-corrected chi connectivity index (χ3v) is 13.3. The molecule has 3 rings (SSSR count). The largest absolute Gasteiger partial charge is 0.491 e. The Kier molecular flexibility index (Phi) is 9.94. The molecule has 41 heavy (non-hydrogen) atoms. The molecule has 0 bridgehead atoms. The average Bonchev–Trinajstić information content (AvgIpc) is 3.15. The minimum Gasteiger partial charge on any atom is -0.491 e. The lowest BCUT2D eigenvalue weighted by molar-refractivity contribution is -0.139. The Hall–Kier alpha value is -2.15. The number of nitrogens with zero attached hydrogens (tertiary/aromatic N) is 1. The first-order valence-corrected chi connectivity index (χ1v) is 17.4. The molecule has 0 saturated carbocycles. The number of halogens is 3. The summed E-state index contributed by atoms with van der Waals surface area (Å²) in [6, 6.07) is 9.55. The normalized spacial score (nSPS) is 23.3. The third kappa shape index (κ3) is 7.09. The van der Waals surface area contributed by atoms with Gasteiger partial charge in [-0.05, 0) is 60.3 Å². The molecule has 0 radical (unpaired) electrons. The first-order valence-electron chi connectivity index (χ1n) is 13.8. The maximum Gasteiger partial charge on any atom is 0.321 e. The van der Waals surface area contributed by atoms with E-state index in [1.807, 2.05) is 20.8 Å². The molecule has 4 atom stereocenters. The molecule has 0 aromatic heterocycles. The summed E-state index contributed by atoms with van der Waals surface area (Å²) in [6.07, 6.45) is 0.403. The van der Waals surface area contributed by atoms with Crippen molar-refractivity contribution in [2.45, 2.75) is 89.5 Å². The van der Waals surface area contributed by atoms with Gasteiger partial charge in [-0.15, -0.1) is 0 Å². The summed E-state index contributed by atoms with van der Waals surface area (Å²) < 4.78 is 28.2. The molecule has 1 fully saturated rings. The van der Waals surface area contributed by atoms with Gasteiger partial charge in [0.15, 0.2) is 8.32 Å². The number of ether oxygens (including phenoxy) is 1. The number of nitrogens with one attached hydrogen (secondary N) is 1. The molecule has 2 N–H and O–H groups in total. The van der Waals surface area contributed by atoms with Crippen molar-refractivity contribution in [1.29, 1.82) is 5.26 Å². The quantitative estimate of drug-likeness (QED) is 0.218. The number of hydrogen-bond acceptors (Lipinski definition) is 5. The second-order valence-corrected chi connectivity index (χ2v) is 19.2. The van der Waals surface area contributed by atoms with Crippen molar-refractivity contribution in [2.75, 3.05) is 13.2 Å². The van der Waals surface area contributed by atoms with Crippen LogP contribution in [0.25, 0.3) is 0 Å². The van der Waals surface area contributed by atoms with E-state index in [9.17, 15) is 15.2 Å². The molecule has 6 nitrogen and oxygen atoms in total. The van der Waals surface area contributed by atoms with Gasteiger partial charge in [0.2, 0.25) is 0 Å². The molecule has 0 unspecified atom stereocenters. The van der Waals surface area contributed by atoms with Crippen LogP contribution in [0.2, 0.25) is 28.2 Å². The fourth-order valence-corrected chi connectivity index (χ4v) is 6.71. The minimum atomic E-state index is -2.02. The number of carbonyl (C=O) groups is 1. The second-order valence-electron chi connectivity index (χ2n) is 13.5. The molecule has 1 aliphatic rings. The lowest BCUT2D eigenvalue weighted by Gasteiger charge is -2.38. The smallest absolute Gasteiger partial charge is 0.321 e. The zero-order chi connectivity index (χ0) is 31.0. The molecule has 0 spiro atoms. The third-order valence-electron chi connectivity index (χ3n) is 8.32. The lowest BCUT2D eigenvalue weighted by atomic mass is 9.62. The predicted octanol–water partition coefficient (Wildman–Crippen LogP) is 7.94. The topological polar surface area (TPSA) is 91.6 Å². The van der Waals surface area contributed by atoms with Gasteiger partial charge in [-0.25, -0.2) is 4.39 Å². The van der Waals surface area contributed by atoms with Gasteiger partial charge in [0.05, 0.1) is 12.7 Å². The van der Waals surface area contributed by atoms with Crippen LogP contribution in [0.15, 0.2) is 36.4 Å². The first kappa shape index (κ1) is 33.4. The van der Waals surface area contributed by atoms with E-state index in [0.717, 1.165) is 6.07 Å². The summed E-state index contributed by atoms with van der Waals surface area (Å²) in [4.78, 5) is 12.8. The highest BCUT2D eigenvalue weighted by Crippen LogP contribution is 2.54. The summed E-state index contributed by atoms with van der Waals surface area (Å²) in [7, 11) is -2.02. The Bertz CT molecular complexity index is 1320. The van der Waals surface area contributed by atoms with E-state index in [1.54, 1.807) is 18.2 Å².